The molecule has 14 heavy (non-hydrogen) atoms. The Bertz CT molecular complexity index is 377. The molecular weight excluding hydrogens is 214 g/mol. The summed E-state index contributed by atoms with van der Waals surface area (Å²) in [4.78, 5) is 0. The van der Waals surface area contributed by atoms with Crippen LogP contribution in [0.15, 0.2) is 12.1 Å². The van der Waals surface area contributed by atoms with E-state index in [0.717, 1.165) is 12.1 Å². The fourth-order valence-corrected chi connectivity index (χ4v) is 1.72. The summed E-state index contributed by atoms with van der Waals surface area (Å²) in [6.45, 7) is -0.125. The van der Waals surface area contributed by atoms with E-state index in [-0.39, 0.29) is 23.8 Å². The Morgan fingerprint density at radius 1 is 1.29 bits per heavy atom. The third-order valence-electron chi connectivity index (χ3n) is 2.19. The summed E-state index contributed by atoms with van der Waals surface area (Å²) in [6.07, 6.45) is 0. The normalized spacial score (nSPS) is 19.1. The highest BCUT2D eigenvalue weighted by molar-refractivity contribution is 6.31. The Balaban J connectivity index is 2.56. The van der Waals surface area contributed by atoms with Crippen LogP contribution in [0.25, 0.3) is 0 Å². The quantitative estimate of drug-likeness (QED) is 0.732. The van der Waals surface area contributed by atoms with Gasteiger partial charge in [-0.3, -0.25) is 0 Å². The molecule has 1 N–H and O–H groups in total. The van der Waals surface area contributed by atoms with Gasteiger partial charge in [0.15, 0.2) is 0 Å². The molecule has 0 aliphatic carbocycles. The number of aliphatic hydroxyl groups is 1. The molecule has 1 aliphatic rings. The van der Waals surface area contributed by atoms with Crippen molar-refractivity contribution in [3.05, 3.63) is 34.4 Å². The number of rotatable bonds is 1. The highest BCUT2D eigenvalue weighted by atomic mass is 35.5. The lowest BCUT2D eigenvalue weighted by atomic mass is 9.91. The zero-order chi connectivity index (χ0) is 10.3. The Hall–Kier alpha value is -0.710. The molecule has 0 amide bonds. The van der Waals surface area contributed by atoms with Gasteiger partial charge < -0.3 is 9.84 Å². The summed E-state index contributed by atoms with van der Waals surface area (Å²) in [6, 6.07) is 1.86. The van der Waals surface area contributed by atoms with E-state index in [2.05, 4.69) is 0 Å². The van der Waals surface area contributed by atoms with Crippen LogP contribution in [0.4, 0.5) is 8.78 Å². The minimum absolute atomic E-state index is 0.0624. The predicted molar refractivity (Wildman–Crippen MR) is 46.1 cm³/mol. The lowest BCUT2D eigenvalue weighted by molar-refractivity contribution is -0.186. The van der Waals surface area contributed by atoms with Crippen LogP contribution in [-0.4, -0.2) is 18.3 Å². The highest BCUT2D eigenvalue weighted by Crippen LogP contribution is 2.37. The fourth-order valence-electron chi connectivity index (χ4n) is 1.39. The van der Waals surface area contributed by atoms with E-state index >= 15 is 0 Å². The average molecular weight is 221 g/mol. The Morgan fingerprint density at radius 2 is 1.86 bits per heavy atom. The van der Waals surface area contributed by atoms with Gasteiger partial charge in [0.25, 0.3) is 0 Å². The maximum Gasteiger partial charge on any atom is 0.142 e. The zero-order valence-corrected chi connectivity index (χ0v) is 7.81. The number of ether oxygens (including phenoxy) is 1. The van der Waals surface area contributed by atoms with Crippen LogP contribution in [0.2, 0.25) is 5.02 Å². The van der Waals surface area contributed by atoms with Crippen molar-refractivity contribution in [2.45, 2.75) is 5.60 Å². The van der Waals surface area contributed by atoms with E-state index in [1.807, 2.05) is 0 Å². The molecule has 0 aromatic heterocycles. The van der Waals surface area contributed by atoms with E-state index in [1.165, 1.54) is 0 Å². The predicted octanol–water partition coefficient (Wildman–Crippen LogP) is 1.84. The molecule has 0 atom stereocenters. The molecule has 1 aromatic rings. The second-order valence-electron chi connectivity index (χ2n) is 3.24. The zero-order valence-electron chi connectivity index (χ0n) is 7.06. The molecule has 5 heteroatoms. The van der Waals surface area contributed by atoms with Gasteiger partial charge in [0, 0.05) is 5.56 Å². The smallest absolute Gasteiger partial charge is 0.142 e. The summed E-state index contributed by atoms with van der Waals surface area (Å²) >= 11 is 5.57. The van der Waals surface area contributed by atoms with Crippen LogP contribution in [0.1, 0.15) is 5.56 Å². The molecule has 1 saturated heterocycles. The van der Waals surface area contributed by atoms with Crippen molar-refractivity contribution in [1.82, 2.24) is 0 Å². The van der Waals surface area contributed by atoms with E-state index < -0.39 is 17.2 Å². The Kier molecular flexibility index (Phi) is 2.21. The molecule has 0 bridgehead atoms. The SMILES string of the molecule is OC1(c2c(F)ccc(F)c2Cl)COC1. The maximum absolute atomic E-state index is 13.3. The van der Waals surface area contributed by atoms with Crippen molar-refractivity contribution in [3.8, 4) is 0 Å². The van der Waals surface area contributed by atoms with Gasteiger partial charge in [-0.2, -0.15) is 0 Å². The van der Waals surface area contributed by atoms with E-state index in [9.17, 15) is 13.9 Å². The van der Waals surface area contributed by atoms with E-state index in [0.29, 0.717) is 0 Å². The molecule has 2 nitrogen and oxygen atoms in total. The fraction of sp³-hybridized carbons (Fsp3) is 0.333. The monoisotopic (exact) mass is 220 g/mol. The standard InChI is InChI=1S/C9H7ClF2O2/c10-8-6(12)2-1-5(11)7(8)9(13)3-14-4-9/h1-2,13H,3-4H2. The van der Waals surface area contributed by atoms with Gasteiger partial charge in [0.2, 0.25) is 0 Å². The first kappa shape index (κ1) is 9.83. The van der Waals surface area contributed by atoms with Crippen molar-refractivity contribution in [2.24, 2.45) is 0 Å². The lowest BCUT2D eigenvalue weighted by Crippen LogP contribution is -2.47. The molecule has 1 aliphatic heterocycles. The Morgan fingerprint density at radius 3 is 2.36 bits per heavy atom. The minimum Gasteiger partial charge on any atom is -0.380 e. The lowest BCUT2D eigenvalue weighted by Gasteiger charge is -2.37. The largest absolute Gasteiger partial charge is 0.380 e. The van der Waals surface area contributed by atoms with E-state index in [4.69, 9.17) is 16.3 Å². The topological polar surface area (TPSA) is 29.5 Å². The van der Waals surface area contributed by atoms with Crippen molar-refractivity contribution >= 4 is 11.6 Å². The second-order valence-corrected chi connectivity index (χ2v) is 3.62. The first-order valence-corrected chi connectivity index (χ1v) is 4.36. The molecule has 2 rings (SSSR count). The van der Waals surface area contributed by atoms with Gasteiger partial charge in [-0.05, 0) is 12.1 Å². The molecule has 1 aromatic carbocycles. The Labute approximate surface area is 84.1 Å². The van der Waals surface area contributed by atoms with Crippen LogP contribution < -0.4 is 0 Å². The number of benzene rings is 1. The first-order valence-electron chi connectivity index (χ1n) is 3.99. The molecular formula is C9H7ClF2O2. The van der Waals surface area contributed by atoms with Crippen LogP contribution in [0, 0.1) is 11.6 Å². The molecule has 0 saturated carbocycles. The van der Waals surface area contributed by atoms with Crippen molar-refractivity contribution in [1.29, 1.82) is 0 Å². The third-order valence-corrected chi connectivity index (χ3v) is 2.56. The molecule has 1 heterocycles. The number of hydrogen-bond donors (Lipinski definition) is 1. The van der Waals surface area contributed by atoms with Gasteiger partial charge in [-0.25, -0.2) is 8.78 Å². The van der Waals surface area contributed by atoms with Gasteiger partial charge in [-0.15, -0.1) is 0 Å². The summed E-state index contributed by atoms with van der Waals surface area (Å²) in [5.74, 6) is -1.47. The molecule has 1 fully saturated rings. The van der Waals surface area contributed by atoms with Gasteiger partial charge >= 0.3 is 0 Å². The maximum atomic E-state index is 13.3. The van der Waals surface area contributed by atoms with Crippen molar-refractivity contribution < 1.29 is 18.6 Å². The summed E-state index contributed by atoms with van der Waals surface area (Å²) in [5, 5.41) is 9.37. The van der Waals surface area contributed by atoms with Gasteiger partial charge in [0.05, 0.1) is 18.2 Å². The van der Waals surface area contributed by atoms with Crippen molar-refractivity contribution in [2.75, 3.05) is 13.2 Å². The molecule has 0 unspecified atom stereocenters. The van der Waals surface area contributed by atoms with Crippen LogP contribution >= 0.6 is 11.6 Å². The third kappa shape index (κ3) is 1.30. The van der Waals surface area contributed by atoms with Crippen LogP contribution in [-0.2, 0) is 10.3 Å². The second kappa shape index (κ2) is 3.15. The summed E-state index contributed by atoms with van der Waals surface area (Å²) in [7, 11) is 0. The van der Waals surface area contributed by atoms with Gasteiger partial charge in [0.1, 0.15) is 17.2 Å². The minimum atomic E-state index is -1.48. The first-order chi connectivity index (χ1) is 6.54. The average Bonchev–Trinajstić information content (AvgIpc) is 2.09. The van der Waals surface area contributed by atoms with Crippen molar-refractivity contribution in [3.63, 3.8) is 0 Å². The molecule has 76 valence electrons. The number of halogens is 3. The molecule has 0 spiro atoms. The highest BCUT2D eigenvalue weighted by Gasteiger charge is 2.42. The van der Waals surface area contributed by atoms with E-state index in [1.54, 1.807) is 0 Å². The summed E-state index contributed by atoms with van der Waals surface area (Å²) in [5.41, 5.74) is -1.70. The van der Waals surface area contributed by atoms with Crippen LogP contribution in [0.5, 0.6) is 0 Å². The number of hydrogen-bond acceptors (Lipinski definition) is 2. The molecule has 0 radical (unpaired) electrons. The summed E-state index contributed by atoms with van der Waals surface area (Å²) < 4.78 is 31.0. The van der Waals surface area contributed by atoms with Crippen LogP contribution in [0.3, 0.4) is 0 Å². The van der Waals surface area contributed by atoms with Gasteiger partial charge in [-0.1, -0.05) is 11.6 Å².